The number of hydrogen-bond donors (Lipinski definition) is 1. The summed E-state index contributed by atoms with van der Waals surface area (Å²) < 4.78 is 23.2. The lowest BCUT2D eigenvalue weighted by Gasteiger charge is -2.14. The number of hydrogen-bond acceptors (Lipinski definition) is 8. The van der Waals surface area contributed by atoms with E-state index in [0.29, 0.717) is 40.4 Å². The van der Waals surface area contributed by atoms with Crippen molar-refractivity contribution in [1.82, 2.24) is 14.8 Å². The van der Waals surface area contributed by atoms with Crippen molar-refractivity contribution in [3.8, 4) is 39.4 Å². The Morgan fingerprint density at radius 1 is 1.03 bits per heavy atom. The number of aromatic nitrogens is 3. The van der Waals surface area contributed by atoms with E-state index in [1.165, 1.54) is 32.7 Å². The van der Waals surface area contributed by atoms with E-state index in [9.17, 15) is 4.79 Å². The summed E-state index contributed by atoms with van der Waals surface area (Å²) in [6.45, 7) is 4.42. The number of ether oxygens (including phenoxy) is 4. The van der Waals surface area contributed by atoms with E-state index in [4.69, 9.17) is 23.9 Å². The lowest BCUT2D eigenvalue weighted by Crippen LogP contribution is -2.15. The SMILES string of the molecule is CCOc1ccc(-c2csc(-n3nc(C)cc3NC(=O)c3cc(OC)c(OC)c(OC)c3)n2)cc1. The maximum absolute atomic E-state index is 13.1. The zero-order valence-corrected chi connectivity index (χ0v) is 20.9. The third kappa shape index (κ3) is 5.07. The molecule has 10 heteroatoms. The number of carbonyl (C=O) groups excluding carboxylic acids is 1. The molecular weight excluding hydrogens is 468 g/mol. The monoisotopic (exact) mass is 494 g/mol. The molecule has 0 radical (unpaired) electrons. The molecule has 0 aliphatic carbocycles. The van der Waals surface area contributed by atoms with Crippen LogP contribution in [0.15, 0.2) is 47.8 Å². The third-order valence-electron chi connectivity index (χ3n) is 5.13. The van der Waals surface area contributed by atoms with Crippen molar-refractivity contribution in [2.75, 3.05) is 33.3 Å². The second-order valence-electron chi connectivity index (χ2n) is 7.42. The van der Waals surface area contributed by atoms with Crippen LogP contribution in [0, 0.1) is 6.92 Å². The van der Waals surface area contributed by atoms with E-state index in [-0.39, 0.29) is 5.91 Å². The van der Waals surface area contributed by atoms with Gasteiger partial charge in [-0.05, 0) is 50.2 Å². The standard InChI is InChI=1S/C25H26N4O5S/c1-6-34-18-9-7-16(8-10-18)19-14-35-25(26-19)29-22(11-15(2)28-29)27-24(30)17-12-20(31-3)23(33-5)21(13-17)32-4/h7-14H,6H2,1-5H3,(H,27,30). The summed E-state index contributed by atoms with van der Waals surface area (Å²) in [6.07, 6.45) is 0. The highest BCUT2D eigenvalue weighted by atomic mass is 32.1. The van der Waals surface area contributed by atoms with Gasteiger partial charge in [0, 0.05) is 22.6 Å². The maximum atomic E-state index is 13.1. The Labute approximate surface area is 207 Å². The van der Waals surface area contributed by atoms with Crippen LogP contribution < -0.4 is 24.3 Å². The molecular formula is C25H26N4O5S. The van der Waals surface area contributed by atoms with Gasteiger partial charge in [-0.25, -0.2) is 4.98 Å². The first-order valence-electron chi connectivity index (χ1n) is 10.8. The van der Waals surface area contributed by atoms with Gasteiger partial charge in [0.1, 0.15) is 11.6 Å². The molecule has 0 atom stereocenters. The van der Waals surface area contributed by atoms with Crippen LogP contribution in [0.2, 0.25) is 0 Å². The summed E-state index contributed by atoms with van der Waals surface area (Å²) in [4.78, 5) is 17.8. The number of anilines is 1. The highest BCUT2D eigenvalue weighted by molar-refractivity contribution is 7.12. The molecule has 0 aliphatic heterocycles. The smallest absolute Gasteiger partial charge is 0.257 e. The van der Waals surface area contributed by atoms with Crippen molar-refractivity contribution >= 4 is 23.1 Å². The van der Waals surface area contributed by atoms with Crippen LogP contribution >= 0.6 is 11.3 Å². The number of benzene rings is 2. The summed E-state index contributed by atoms with van der Waals surface area (Å²) in [6, 6.07) is 12.7. The van der Waals surface area contributed by atoms with Crippen molar-refractivity contribution in [2.45, 2.75) is 13.8 Å². The van der Waals surface area contributed by atoms with Gasteiger partial charge < -0.3 is 24.3 Å². The first-order valence-corrected chi connectivity index (χ1v) is 11.7. The molecule has 182 valence electrons. The number of aryl methyl sites for hydroxylation is 1. The van der Waals surface area contributed by atoms with Crippen LogP contribution in [-0.4, -0.2) is 48.6 Å². The van der Waals surface area contributed by atoms with Crippen molar-refractivity contribution in [1.29, 1.82) is 0 Å². The van der Waals surface area contributed by atoms with Crippen molar-refractivity contribution < 1.29 is 23.7 Å². The van der Waals surface area contributed by atoms with Crippen molar-refractivity contribution in [3.05, 3.63) is 59.1 Å². The van der Waals surface area contributed by atoms with Crippen LogP contribution in [0.5, 0.6) is 23.0 Å². The number of thiazole rings is 1. The lowest BCUT2D eigenvalue weighted by molar-refractivity contribution is 0.102. The van der Waals surface area contributed by atoms with E-state index < -0.39 is 0 Å². The van der Waals surface area contributed by atoms with Gasteiger partial charge in [-0.15, -0.1) is 11.3 Å². The molecule has 0 spiro atoms. The number of carbonyl (C=O) groups is 1. The molecule has 2 heterocycles. The maximum Gasteiger partial charge on any atom is 0.257 e. The molecule has 0 aliphatic rings. The van der Waals surface area contributed by atoms with Crippen LogP contribution in [0.25, 0.3) is 16.4 Å². The Kier molecular flexibility index (Phi) is 7.21. The molecule has 4 rings (SSSR count). The van der Waals surface area contributed by atoms with Gasteiger partial charge in [-0.3, -0.25) is 4.79 Å². The minimum atomic E-state index is -0.353. The molecule has 9 nitrogen and oxygen atoms in total. The third-order valence-corrected chi connectivity index (χ3v) is 5.95. The van der Waals surface area contributed by atoms with Crippen molar-refractivity contribution in [2.24, 2.45) is 0 Å². The van der Waals surface area contributed by atoms with Crippen molar-refractivity contribution in [3.63, 3.8) is 0 Å². The van der Waals surface area contributed by atoms with Gasteiger partial charge in [0.05, 0.1) is 39.3 Å². The first kappa shape index (κ1) is 24.1. The van der Waals surface area contributed by atoms with E-state index >= 15 is 0 Å². The fourth-order valence-electron chi connectivity index (χ4n) is 3.52. The van der Waals surface area contributed by atoms with Crippen LogP contribution in [-0.2, 0) is 0 Å². The highest BCUT2D eigenvalue weighted by Crippen LogP contribution is 2.38. The summed E-state index contributed by atoms with van der Waals surface area (Å²) in [5, 5.41) is 10.0. The molecule has 0 unspecified atom stereocenters. The van der Waals surface area contributed by atoms with Gasteiger partial charge in [-0.1, -0.05) is 0 Å². The quantitative estimate of drug-likeness (QED) is 0.350. The number of nitrogens with one attached hydrogen (secondary N) is 1. The lowest BCUT2D eigenvalue weighted by atomic mass is 10.1. The van der Waals surface area contributed by atoms with E-state index in [2.05, 4.69) is 10.4 Å². The zero-order valence-electron chi connectivity index (χ0n) is 20.1. The van der Waals surface area contributed by atoms with E-state index in [1.807, 2.05) is 43.5 Å². The molecule has 0 saturated heterocycles. The Balaban J connectivity index is 1.60. The predicted molar refractivity (Wildman–Crippen MR) is 135 cm³/mol. The largest absolute Gasteiger partial charge is 0.494 e. The molecule has 0 bridgehead atoms. The number of rotatable bonds is 9. The molecule has 1 amide bonds. The van der Waals surface area contributed by atoms with E-state index in [0.717, 1.165) is 22.7 Å². The Hall–Kier alpha value is -4.05. The van der Waals surface area contributed by atoms with Gasteiger partial charge >= 0.3 is 0 Å². The van der Waals surface area contributed by atoms with Crippen LogP contribution in [0.4, 0.5) is 5.82 Å². The van der Waals surface area contributed by atoms with Gasteiger partial charge in [0.25, 0.3) is 5.91 Å². The Morgan fingerprint density at radius 3 is 2.31 bits per heavy atom. The molecule has 4 aromatic rings. The normalized spacial score (nSPS) is 10.7. The molecule has 0 fully saturated rings. The van der Waals surface area contributed by atoms with Gasteiger partial charge in [0.2, 0.25) is 10.9 Å². The minimum Gasteiger partial charge on any atom is -0.494 e. The molecule has 0 saturated carbocycles. The average Bonchev–Trinajstić information content (AvgIpc) is 3.50. The zero-order chi connectivity index (χ0) is 24.9. The number of amides is 1. The summed E-state index contributed by atoms with van der Waals surface area (Å²) >= 11 is 1.43. The summed E-state index contributed by atoms with van der Waals surface area (Å²) in [5.74, 6) is 2.15. The molecule has 2 aromatic heterocycles. The highest BCUT2D eigenvalue weighted by Gasteiger charge is 2.20. The van der Waals surface area contributed by atoms with Crippen LogP contribution in [0.1, 0.15) is 23.0 Å². The van der Waals surface area contributed by atoms with Gasteiger partial charge in [0.15, 0.2) is 11.5 Å². The second kappa shape index (κ2) is 10.5. The minimum absolute atomic E-state index is 0.346. The Bertz CT molecular complexity index is 1310. The fourth-order valence-corrected chi connectivity index (χ4v) is 4.31. The number of nitrogens with zero attached hydrogens (tertiary/aromatic N) is 3. The van der Waals surface area contributed by atoms with Gasteiger partial charge in [-0.2, -0.15) is 9.78 Å². The topological polar surface area (TPSA) is 96.7 Å². The first-order chi connectivity index (χ1) is 17.0. The molecule has 2 aromatic carbocycles. The fraction of sp³-hybridized carbons (Fsp3) is 0.240. The van der Waals surface area contributed by atoms with Crippen LogP contribution in [0.3, 0.4) is 0 Å². The van der Waals surface area contributed by atoms with E-state index in [1.54, 1.807) is 22.9 Å². The predicted octanol–water partition coefficient (Wildman–Crippen LogP) is 4.98. The molecule has 1 N–H and O–H groups in total. The average molecular weight is 495 g/mol. The molecule has 35 heavy (non-hydrogen) atoms. The number of methoxy groups -OCH3 is 3. The Morgan fingerprint density at radius 2 is 1.71 bits per heavy atom. The summed E-state index contributed by atoms with van der Waals surface area (Å²) in [5.41, 5.74) is 2.85. The summed E-state index contributed by atoms with van der Waals surface area (Å²) in [7, 11) is 4.51. The second-order valence-corrected chi connectivity index (χ2v) is 8.26.